The first-order valence-electron chi connectivity index (χ1n) is 6.69. The lowest BCUT2D eigenvalue weighted by Crippen LogP contribution is -2.20. The summed E-state index contributed by atoms with van der Waals surface area (Å²) in [4.78, 5) is 12.7. The number of hydrogen-bond acceptors (Lipinski definition) is 3. The Balaban J connectivity index is 2.35. The Morgan fingerprint density at radius 1 is 1.30 bits per heavy atom. The van der Waals surface area contributed by atoms with E-state index in [1.54, 1.807) is 0 Å². The minimum absolute atomic E-state index is 0.0222. The lowest BCUT2D eigenvalue weighted by Gasteiger charge is -2.10. The Bertz CT molecular complexity index is 469. The van der Waals surface area contributed by atoms with E-state index >= 15 is 0 Å². The number of ether oxygens (including phenoxy) is 1. The molecule has 0 saturated heterocycles. The summed E-state index contributed by atoms with van der Waals surface area (Å²) in [6.07, 6.45) is 0.653. The van der Waals surface area contributed by atoms with Gasteiger partial charge in [0.05, 0.1) is 0 Å². The molecule has 0 spiro atoms. The van der Waals surface area contributed by atoms with Gasteiger partial charge in [0.1, 0.15) is 12.4 Å². The van der Waals surface area contributed by atoms with Gasteiger partial charge in [0.15, 0.2) is 0 Å². The number of likely N-dealkylation sites (N-methyl/N-ethyl adjacent to an activating group) is 1. The highest BCUT2D eigenvalue weighted by Crippen LogP contribution is 2.11. The van der Waals surface area contributed by atoms with E-state index in [0.717, 1.165) is 17.9 Å². The molecule has 0 atom stereocenters. The fourth-order valence-corrected chi connectivity index (χ4v) is 1.45. The molecule has 108 valence electrons. The molecule has 0 aliphatic rings. The minimum Gasteiger partial charge on any atom is -0.492 e. The highest BCUT2D eigenvalue weighted by atomic mass is 16.5. The molecule has 0 aliphatic carbocycles. The van der Waals surface area contributed by atoms with Crippen LogP contribution in [0.1, 0.15) is 18.9 Å². The molecule has 1 amide bonds. The van der Waals surface area contributed by atoms with E-state index < -0.39 is 0 Å². The van der Waals surface area contributed by atoms with E-state index in [4.69, 9.17) is 4.74 Å². The second kappa shape index (κ2) is 9.00. The summed E-state index contributed by atoms with van der Waals surface area (Å²) in [5, 5.41) is 2.71. The third kappa shape index (κ3) is 7.45. The van der Waals surface area contributed by atoms with E-state index in [1.807, 2.05) is 38.4 Å². The molecule has 0 aromatic heterocycles. The fraction of sp³-hybridized carbons (Fsp3) is 0.438. The number of carbonyl (C=O) groups is 1. The first-order valence-corrected chi connectivity index (χ1v) is 6.69. The van der Waals surface area contributed by atoms with Crippen LogP contribution in [0.5, 0.6) is 5.75 Å². The van der Waals surface area contributed by atoms with Crippen LogP contribution >= 0.6 is 0 Å². The maximum atomic E-state index is 10.7. The van der Waals surface area contributed by atoms with Gasteiger partial charge in [0, 0.05) is 32.0 Å². The summed E-state index contributed by atoms with van der Waals surface area (Å²) >= 11 is 0. The van der Waals surface area contributed by atoms with Crippen LogP contribution in [0.15, 0.2) is 24.3 Å². The molecule has 1 rings (SSSR count). The molecule has 0 saturated carbocycles. The van der Waals surface area contributed by atoms with Crippen molar-refractivity contribution >= 4 is 5.91 Å². The second-order valence-electron chi connectivity index (χ2n) is 4.71. The Morgan fingerprint density at radius 2 is 2.00 bits per heavy atom. The van der Waals surface area contributed by atoms with Crippen LogP contribution in [0.25, 0.3) is 0 Å². The molecular weight excluding hydrogens is 252 g/mol. The molecule has 4 heteroatoms. The first-order chi connectivity index (χ1) is 9.58. The van der Waals surface area contributed by atoms with Crippen molar-refractivity contribution in [3.8, 4) is 17.6 Å². The van der Waals surface area contributed by atoms with Crippen molar-refractivity contribution < 1.29 is 9.53 Å². The van der Waals surface area contributed by atoms with Crippen LogP contribution in [-0.2, 0) is 4.79 Å². The summed E-state index contributed by atoms with van der Waals surface area (Å²) in [7, 11) is 4.03. The van der Waals surface area contributed by atoms with Gasteiger partial charge < -0.3 is 15.0 Å². The van der Waals surface area contributed by atoms with Crippen molar-refractivity contribution in [1.82, 2.24) is 10.2 Å². The molecule has 0 fully saturated rings. The van der Waals surface area contributed by atoms with Crippen molar-refractivity contribution in [1.29, 1.82) is 0 Å². The molecule has 0 radical (unpaired) electrons. The van der Waals surface area contributed by atoms with Crippen molar-refractivity contribution in [3.63, 3.8) is 0 Å². The Labute approximate surface area is 121 Å². The molecule has 0 bridgehead atoms. The van der Waals surface area contributed by atoms with Crippen LogP contribution in [0.4, 0.5) is 0 Å². The molecule has 0 aliphatic heterocycles. The maximum absolute atomic E-state index is 10.7. The van der Waals surface area contributed by atoms with Crippen LogP contribution in [0.2, 0.25) is 0 Å². The monoisotopic (exact) mass is 274 g/mol. The molecule has 0 heterocycles. The van der Waals surface area contributed by atoms with E-state index in [-0.39, 0.29) is 5.91 Å². The van der Waals surface area contributed by atoms with Gasteiger partial charge >= 0.3 is 0 Å². The van der Waals surface area contributed by atoms with E-state index in [9.17, 15) is 4.79 Å². The summed E-state index contributed by atoms with van der Waals surface area (Å²) in [6.45, 7) is 3.66. The zero-order chi connectivity index (χ0) is 14.8. The van der Waals surface area contributed by atoms with E-state index in [2.05, 4.69) is 22.1 Å². The summed E-state index contributed by atoms with van der Waals surface area (Å²) in [6, 6.07) is 7.73. The van der Waals surface area contributed by atoms with Gasteiger partial charge in [-0.1, -0.05) is 11.8 Å². The Kier molecular flexibility index (Phi) is 7.23. The van der Waals surface area contributed by atoms with Crippen LogP contribution in [0.3, 0.4) is 0 Å². The fourth-order valence-electron chi connectivity index (χ4n) is 1.45. The molecule has 0 unspecified atom stereocenters. The lowest BCUT2D eigenvalue weighted by atomic mass is 10.2. The van der Waals surface area contributed by atoms with Gasteiger partial charge in [-0.25, -0.2) is 0 Å². The average Bonchev–Trinajstić information content (AvgIpc) is 2.39. The van der Waals surface area contributed by atoms with Crippen molar-refractivity contribution in [2.75, 3.05) is 33.8 Å². The molecular formula is C16H22N2O2. The third-order valence-corrected chi connectivity index (χ3v) is 2.52. The van der Waals surface area contributed by atoms with Gasteiger partial charge in [-0.15, -0.1) is 0 Å². The number of nitrogens with one attached hydrogen (secondary N) is 1. The van der Waals surface area contributed by atoms with Crippen molar-refractivity contribution in [2.24, 2.45) is 0 Å². The number of rotatable bonds is 6. The van der Waals surface area contributed by atoms with Gasteiger partial charge in [-0.05, 0) is 38.4 Å². The highest BCUT2D eigenvalue weighted by Gasteiger charge is 1.95. The number of amides is 1. The maximum Gasteiger partial charge on any atom is 0.216 e. The van der Waals surface area contributed by atoms with E-state index in [1.165, 1.54) is 6.92 Å². The van der Waals surface area contributed by atoms with Crippen molar-refractivity contribution in [3.05, 3.63) is 29.8 Å². The summed E-state index contributed by atoms with van der Waals surface area (Å²) < 4.78 is 5.60. The topological polar surface area (TPSA) is 41.6 Å². The predicted molar refractivity (Wildman–Crippen MR) is 80.7 cm³/mol. The van der Waals surface area contributed by atoms with Gasteiger partial charge in [0.2, 0.25) is 5.91 Å². The zero-order valence-corrected chi connectivity index (χ0v) is 12.4. The van der Waals surface area contributed by atoms with Crippen LogP contribution in [-0.4, -0.2) is 44.6 Å². The smallest absolute Gasteiger partial charge is 0.216 e. The van der Waals surface area contributed by atoms with Gasteiger partial charge in [0.25, 0.3) is 0 Å². The zero-order valence-electron chi connectivity index (χ0n) is 12.4. The first kappa shape index (κ1) is 16.1. The van der Waals surface area contributed by atoms with Crippen molar-refractivity contribution in [2.45, 2.75) is 13.3 Å². The SMILES string of the molecule is CC(=O)NCCC#Cc1ccc(OCCN(C)C)cc1. The summed E-state index contributed by atoms with van der Waals surface area (Å²) in [5.74, 6) is 6.91. The molecule has 20 heavy (non-hydrogen) atoms. The highest BCUT2D eigenvalue weighted by molar-refractivity contribution is 5.72. The minimum atomic E-state index is -0.0222. The third-order valence-electron chi connectivity index (χ3n) is 2.52. The Morgan fingerprint density at radius 3 is 2.60 bits per heavy atom. The predicted octanol–water partition coefficient (Wildman–Crippen LogP) is 1.50. The van der Waals surface area contributed by atoms with Gasteiger partial charge in [-0.2, -0.15) is 0 Å². The lowest BCUT2D eigenvalue weighted by molar-refractivity contribution is -0.118. The van der Waals surface area contributed by atoms with Crippen LogP contribution < -0.4 is 10.1 Å². The van der Waals surface area contributed by atoms with E-state index in [0.29, 0.717) is 19.6 Å². The number of benzene rings is 1. The molecule has 1 aromatic carbocycles. The molecule has 1 N–H and O–H groups in total. The second-order valence-corrected chi connectivity index (χ2v) is 4.71. The Hall–Kier alpha value is -1.99. The average molecular weight is 274 g/mol. The quantitative estimate of drug-likeness (QED) is 0.631. The summed E-state index contributed by atoms with van der Waals surface area (Å²) in [5.41, 5.74) is 0.952. The number of nitrogens with zero attached hydrogens (tertiary/aromatic N) is 1. The number of carbonyl (C=O) groups excluding carboxylic acids is 1. The van der Waals surface area contributed by atoms with Gasteiger partial charge in [-0.3, -0.25) is 4.79 Å². The molecule has 1 aromatic rings. The largest absolute Gasteiger partial charge is 0.492 e. The van der Waals surface area contributed by atoms with Crippen LogP contribution in [0, 0.1) is 11.8 Å². The standard InChI is InChI=1S/C16H22N2O2/c1-14(19)17-11-5-4-6-15-7-9-16(10-8-15)20-13-12-18(2)3/h7-10H,5,11-13H2,1-3H3,(H,17,19). The normalized spacial score (nSPS) is 9.80. The molecule has 4 nitrogen and oxygen atoms in total. The number of hydrogen-bond donors (Lipinski definition) is 1.